The minimum atomic E-state index is -2.23. The zero-order valence-electron chi connectivity index (χ0n) is 27.2. The number of fused-ring (bicyclic) bond motifs is 4. The highest BCUT2D eigenvalue weighted by atomic mass is 16.5. The lowest BCUT2D eigenvalue weighted by molar-refractivity contribution is -0.168. The van der Waals surface area contributed by atoms with Gasteiger partial charge < -0.3 is 44.5 Å². The maximum atomic E-state index is 15.1. The first-order valence-corrected chi connectivity index (χ1v) is 15.9. The summed E-state index contributed by atoms with van der Waals surface area (Å²) in [5.74, 6) is -1.95. The number of carbonyl (C=O) groups is 2. The molecule has 3 aliphatic rings. The van der Waals surface area contributed by atoms with Gasteiger partial charge in [0.2, 0.25) is 5.91 Å². The van der Waals surface area contributed by atoms with E-state index in [1.165, 1.54) is 26.0 Å². The zero-order chi connectivity index (χ0) is 33.7. The predicted octanol–water partition coefficient (Wildman–Crippen LogP) is 3.19. The summed E-state index contributed by atoms with van der Waals surface area (Å²) in [6, 6.07) is 19.4. The van der Waals surface area contributed by atoms with Crippen LogP contribution in [0.5, 0.6) is 23.0 Å². The standard InChI is InChI=1S/C36H42N2O9/c1-6-34(2,42)33(41)37-27-13-10-18-38(27)31(39)30-28(21-11-8-7-9-12-21)36(22-14-16-23(44-3)17-15-22)32(40)35(30,43)29-25(46-5)19-24(45-4)20-26(29)47-36/h7-9,11-12,14-17,19-20,27-28,30,32,40,42-43H,6,10,13,18H2,1-5H3,(H,37,41)/t27-,28+,30-,32-,34+,35-,36-/m0/s1. The Morgan fingerprint density at radius 3 is 2.32 bits per heavy atom. The van der Waals surface area contributed by atoms with Crippen LogP contribution in [0.25, 0.3) is 0 Å². The van der Waals surface area contributed by atoms with Crippen molar-refractivity contribution >= 4 is 11.8 Å². The normalized spacial score (nSPS) is 28.9. The molecule has 0 unspecified atom stereocenters. The van der Waals surface area contributed by atoms with Crippen molar-refractivity contribution in [2.45, 2.75) is 68.1 Å². The third-order valence-corrected chi connectivity index (χ3v) is 10.2. The van der Waals surface area contributed by atoms with Crippen LogP contribution in [0.15, 0.2) is 66.7 Å². The van der Waals surface area contributed by atoms with Crippen LogP contribution in [0.3, 0.4) is 0 Å². The molecule has 1 aliphatic carbocycles. The number of rotatable bonds is 9. The number of methoxy groups -OCH3 is 3. The number of aliphatic hydroxyl groups is 3. The molecule has 4 N–H and O–H groups in total. The Morgan fingerprint density at radius 2 is 1.70 bits per heavy atom. The molecule has 1 saturated carbocycles. The van der Waals surface area contributed by atoms with Crippen molar-refractivity contribution in [3.8, 4) is 23.0 Å². The van der Waals surface area contributed by atoms with Crippen LogP contribution in [0.4, 0.5) is 0 Å². The number of hydrogen-bond donors (Lipinski definition) is 4. The van der Waals surface area contributed by atoms with Crippen LogP contribution in [-0.2, 0) is 20.8 Å². The number of likely N-dealkylation sites (tertiary alicyclic amines) is 1. The fourth-order valence-corrected chi connectivity index (χ4v) is 7.59. The van der Waals surface area contributed by atoms with Crippen LogP contribution < -0.4 is 24.3 Å². The Bertz CT molecular complexity index is 1650. The minimum absolute atomic E-state index is 0.128. The molecule has 6 rings (SSSR count). The van der Waals surface area contributed by atoms with Crippen molar-refractivity contribution in [3.63, 3.8) is 0 Å². The van der Waals surface area contributed by atoms with Gasteiger partial charge in [-0.25, -0.2) is 0 Å². The van der Waals surface area contributed by atoms with Gasteiger partial charge in [-0.3, -0.25) is 9.59 Å². The predicted molar refractivity (Wildman–Crippen MR) is 171 cm³/mol. The molecule has 2 heterocycles. The molecule has 2 fully saturated rings. The van der Waals surface area contributed by atoms with Gasteiger partial charge in [-0.05, 0) is 49.4 Å². The SMILES string of the molecule is CC[C@@](C)(O)C(=O)N[C@@H]1CCCN1C(=O)[C@@H]1[C@@H](c2ccccc2)[C@]2(c3ccc(OC)cc3)Oc3cc(OC)cc(OC)c3[C@@]1(O)[C@@H]2O. The lowest BCUT2D eigenvalue weighted by Gasteiger charge is -2.45. The van der Waals surface area contributed by atoms with Crippen molar-refractivity contribution in [3.05, 3.63) is 83.4 Å². The second kappa shape index (κ2) is 12.0. The lowest BCUT2D eigenvalue weighted by atomic mass is 9.75. The van der Waals surface area contributed by atoms with Crippen molar-refractivity contribution in [2.75, 3.05) is 27.9 Å². The fraction of sp³-hybridized carbons (Fsp3) is 0.444. The summed E-state index contributed by atoms with van der Waals surface area (Å²) in [6.07, 6.45) is -1.16. The molecule has 3 aromatic carbocycles. The summed E-state index contributed by atoms with van der Waals surface area (Å²) >= 11 is 0. The smallest absolute Gasteiger partial charge is 0.253 e. The quantitative estimate of drug-likeness (QED) is 0.275. The summed E-state index contributed by atoms with van der Waals surface area (Å²) in [5, 5.41) is 39.2. The van der Waals surface area contributed by atoms with Crippen LogP contribution in [-0.4, -0.2) is 77.8 Å². The van der Waals surface area contributed by atoms with Gasteiger partial charge in [0.1, 0.15) is 46.5 Å². The molecule has 250 valence electrons. The van der Waals surface area contributed by atoms with Crippen molar-refractivity contribution < 1.29 is 43.9 Å². The number of hydrogen-bond acceptors (Lipinski definition) is 9. The van der Waals surface area contributed by atoms with E-state index in [1.807, 2.05) is 30.3 Å². The maximum absolute atomic E-state index is 15.1. The topological polar surface area (TPSA) is 147 Å². The summed E-state index contributed by atoms with van der Waals surface area (Å²) in [6.45, 7) is 3.43. The molecule has 0 radical (unpaired) electrons. The number of carbonyl (C=O) groups excluding carboxylic acids is 2. The molecule has 11 nitrogen and oxygen atoms in total. The van der Waals surface area contributed by atoms with Gasteiger partial charge >= 0.3 is 0 Å². The molecular weight excluding hydrogens is 604 g/mol. The zero-order valence-corrected chi connectivity index (χ0v) is 27.2. The molecule has 0 aromatic heterocycles. The van der Waals surface area contributed by atoms with E-state index >= 15 is 4.79 Å². The molecule has 2 aliphatic heterocycles. The monoisotopic (exact) mass is 646 g/mol. The number of nitrogens with one attached hydrogen (secondary N) is 1. The second-order valence-corrected chi connectivity index (χ2v) is 12.7. The molecule has 2 amide bonds. The highest BCUT2D eigenvalue weighted by Crippen LogP contribution is 2.68. The lowest BCUT2D eigenvalue weighted by Crippen LogP contribution is -2.57. The van der Waals surface area contributed by atoms with Crippen LogP contribution in [0.1, 0.15) is 55.7 Å². The van der Waals surface area contributed by atoms with E-state index in [-0.39, 0.29) is 23.5 Å². The summed E-state index contributed by atoms with van der Waals surface area (Å²) < 4.78 is 23.6. The van der Waals surface area contributed by atoms with Crippen LogP contribution >= 0.6 is 0 Å². The first kappa shape index (κ1) is 32.6. The van der Waals surface area contributed by atoms with Gasteiger partial charge in [0, 0.05) is 24.6 Å². The Labute approximate surface area is 274 Å². The first-order valence-electron chi connectivity index (χ1n) is 15.9. The number of amides is 2. The van der Waals surface area contributed by atoms with E-state index in [1.54, 1.807) is 50.4 Å². The molecule has 1 saturated heterocycles. The molecule has 0 spiro atoms. The second-order valence-electron chi connectivity index (χ2n) is 12.7. The fourth-order valence-electron chi connectivity index (χ4n) is 7.59. The average molecular weight is 647 g/mol. The van der Waals surface area contributed by atoms with E-state index in [0.29, 0.717) is 42.0 Å². The highest BCUT2D eigenvalue weighted by Gasteiger charge is 2.76. The highest BCUT2D eigenvalue weighted by molar-refractivity contribution is 5.87. The van der Waals surface area contributed by atoms with Gasteiger partial charge in [-0.1, -0.05) is 49.4 Å². The van der Waals surface area contributed by atoms with E-state index in [4.69, 9.17) is 18.9 Å². The van der Waals surface area contributed by atoms with Crippen LogP contribution in [0.2, 0.25) is 0 Å². The Kier molecular flexibility index (Phi) is 8.36. The van der Waals surface area contributed by atoms with Crippen LogP contribution in [0, 0.1) is 5.92 Å². The molecule has 11 heteroatoms. The van der Waals surface area contributed by atoms with Crippen molar-refractivity contribution in [1.82, 2.24) is 10.2 Å². The third-order valence-electron chi connectivity index (χ3n) is 10.2. The van der Waals surface area contributed by atoms with Gasteiger partial charge in [-0.15, -0.1) is 0 Å². The average Bonchev–Trinajstić information content (AvgIpc) is 3.60. The summed E-state index contributed by atoms with van der Waals surface area (Å²) in [7, 11) is 4.48. The van der Waals surface area contributed by atoms with E-state index in [0.717, 1.165) is 0 Å². The van der Waals surface area contributed by atoms with Crippen molar-refractivity contribution in [2.24, 2.45) is 5.92 Å². The number of aliphatic hydroxyl groups excluding tert-OH is 1. The van der Waals surface area contributed by atoms with E-state index in [9.17, 15) is 20.1 Å². The largest absolute Gasteiger partial charge is 0.497 e. The molecule has 47 heavy (non-hydrogen) atoms. The maximum Gasteiger partial charge on any atom is 0.253 e. The van der Waals surface area contributed by atoms with Gasteiger partial charge in [0.15, 0.2) is 5.60 Å². The minimum Gasteiger partial charge on any atom is -0.497 e. The van der Waals surface area contributed by atoms with Gasteiger partial charge in [-0.2, -0.15) is 0 Å². The molecule has 3 aromatic rings. The van der Waals surface area contributed by atoms with E-state index in [2.05, 4.69) is 5.32 Å². The number of nitrogens with zero attached hydrogens (tertiary/aromatic N) is 1. The van der Waals surface area contributed by atoms with E-state index < -0.39 is 52.7 Å². The third kappa shape index (κ3) is 4.90. The summed E-state index contributed by atoms with van der Waals surface area (Å²) in [4.78, 5) is 29.8. The molecule has 2 bridgehead atoms. The first-order chi connectivity index (χ1) is 22.5. The Morgan fingerprint density at radius 1 is 1.02 bits per heavy atom. The van der Waals surface area contributed by atoms with Gasteiger partial charge in [0.05, 0.1) is 32.8 Å². The Balaban J connectivity index is 1.59. The number of benzene rings is 3. The number of ether oxygens (including phenoxy) is 4. The molecule has 7 atom stereocenters. The van der Waals surface area contributed by atoms with Crippen molar-refractivity contribution in [1.29, 1.82) is 0 Å². The summed E-state index contributed by atoms with van der Waals surface area (Å²) in [5.41, 5.74) is -4.22. The van der Waals surface area contributed by atoms with Gasteiger partial charge in [0.25, 0.3) is 5.91 Å². The Hall–Kier alpha value is -4.32. The molecular formula is C36H42N2O9.